The van der Waals surface area contributed by atoms with Crippen molar-refractivity contribution in [2.45, 2.75) is 25.9 Å². The molecule has 136 valence electrons. The minimum absolute atomic E-state index is 0.331. The molecule has 2 rings (SSSR count). The first-order chi connectivity index (χ1) is 11.9. The highest BCUT2D eigenvalue weighted by Crippen LogP contribution is 2.20. The SMILES string of the molecule is COc1cccc(NC(=O)C(C)OC(=O)C2CCN(C(N)=O)CC2)c1. The average molecular weight is 349 g/mol. The number of hydrogen-bond acceptors (Lipinski definition) is 5. The molecule has 8 heteroatoms. The highest BCUT2D eigenvalue weighted by atomic mass is 16.5. The van der Waals surface area contributed by atoms with Crippen LogP contribution in [0.2, 0.25) is 0 Å². The van der Waals surface area contributed by atoms with Crippen LogP contribution in [-0.2, 0) is 14.3 Å². The molecule has 1 heterocycles. The molecule has 0 spiro atoms. The van der Waals surface area contributed by atoms with Crippen LogP contribution in [0, 0.1) is 5.92 Å². The van der Waals surface area contributed by atoms with Gasteiger partial charge in [0, 0.05) is 24.8 Å². The first-order valence-corrected chi connectivity index (χ1v) is 8.10. The van der Waals surface area contributed by atoms with Gasteiger partial charge in [-0.1, -0.05) is 6.07 Å². The minimum Gasteiger partial charge on any atom is -0.497 e. The number of amides is 3. The highest BCUT2D eigenvalue weighted by molar-refractivity contribution is 5.95. The van der Waals surface area contributed by atoms with Gasteiger partial charge in [-0.3, -0.25) is 9.59 Å². The van der Waals surface area contributed by atoms with Crippen molar-refractivity contribution >= 4 is 23.6 Å². The summed E-state index contributed by atoms with van der Waals surface area (Å²) >= 11 is 0. The van der Waals surface area contributed by atoms with Crippen LogP contribution in [0.15, 0.2) is 24.3 Å². The van der Waals surface area contributed by atoms with Gasteiger partial charge in [0.2, 0.25) is 0 Å². The molecule has 3 amide bonds. The van der Waals surface area contributed by atoms with Gasteiger partial charge in [0.1, 0.15) is 5.75 Å². The molecule has 1 fully saturated rings. The normalized spacial score (nSPS) is 16.0. The molecule has 0 aromatic heterocycles. The van der Waals surface area contributed by atoms with E-state index >= 15 is 0 Å². The minimum atomic E-state index is -0.923. The number of hydrogen-bond donors (Lipinski definition) is 2. The van der Waals surface area contributed by atoms with Crippen molar-refractivity contribution in [1.29, 1.82) is 0 Å². The number of carbonyl (C=O) groups is 3. The number of nitrogens with zero attached hydrogens (tertiary/aromatic N) is 1. The lowest BCUT2D eigenvalue weighted by molar-refractivity contribution is -0.158. The summed E-state index contributed by atoms with van der Waals surface area (Å²) in [6.45, 7) is 2.35. The van der Waals surface area contributed by atoms with Crippen LogP contribution in [-0.4, -0.2) is 49.1 Å². The van der Waals surface area contributed by atoms with Gasteiger partial charge in [0.05, 0.1) is 13.0 Å². The Hall–Kier alpha value is -2.77. The molecule has 3 N–H and O–H groups in total. The lowest BCUT2D eigenvalue weighted by atomic mass is 9.97. The van der Waals surface area contributed by atoms with Crippen molar-refractivity contribution in [1.82, 2.24) is 4.90 Å². The molecule has 1 aromatic rings. The maximum absolute atomic E-state index is 12.2. The molecule has 1 aliphatic rings. The standard InChI is InChI=1S/C17H23N3O5/c1-11(15(21)19-13-4-3-5-14(10-13)24-2)25-16(22)12-6-8-20(9-7-12)17(18)23/h3-5,10-12H,6-9H2,1-2H3,(H2,18,23)(H,19,21). The van der Waals surface area contributed by atoms with E-state index in [4.69, 9.17) is 15.2 Å². The zero-order chi connectivity index (χ0) is 18.4. The monoisotopic (exact) mass is 349 g/mol. The lowest BCUT2D eigenvalue weighted by Gasteiger charge is -2.30. The second-order valence-corrected chi connectivity index (χ2v) is 5.90. The average Bonchev–Trinajstić information content (AvgIpc) is 2.61. The van der Waals surface area contributed by atoms with Crippen molar-refractivity contribution in [3.63, 3.8) is 0 Å². The van der Waals surface area contributed by atoms with Gasteiger partial charge < -0.3 is 25.4 Å². The molecule has 0 radical (unpaired) electrons. The molecule has 0 bridgehead atoms. The van der Waals surface area contributed by atoms with E-state index in [1.165, 1.54) is 18.9 Å². The van der Waals surface area contributed by atoms with E-state index < -0.39 is 24.0 Å². The Morgan fingerprint density at radius 1 is 1.28 bits per heavy atom. The predicted octanol–water partition coefficient (Wildman–Crippen LogP) is 1.36. The van der Waals surface area contributed by atoms with Gasteiger partial charge in [0.15, 0.2) is 6.10 Å². The Bertz CT molecular complexity index is 641. The number of carbonyl (C=O) groups excluding carboxylic acids is 3. The quantitative estimate of drug-likeness (QED) is 0.780. The molecule has 1 aliphatic heterocycles. The molecule has 0 aliphatic carbocycles. The van der Waals surface area contributed by atoms with E-state index in [9.17, 15) is 14.4 Å². The topological polar surface area (TPSA) is 111 Å². The van der Waals surface area contributed by atoms with Crippen LogP contribution in [0.25, 0.3) is 0 Å². The third-order valence-electron chi connectivity index (χ3n) is 4.14. The maximum Gasteiger partial charge on any atom is 0.314 e. The zero-order valence-corrected chi connectivity index (χ0v) is 14.4. The van der Waals surface area contributed by atoms with E-state index in [2.05, 4.69) is 5.32 Å². The fourth-order valence-corrected chi connectivity index (χ4v) is 2.60. The van der Waals surface area contributed by atoms with Crippen molar-refractivity contribution < 1.29 is 23.9 Å². The molecule has 1 atom stereocenters. The molecule has 1 aromatic carbocycles. The number of benzene rings is 1. The largest absolute Gasteiger partial charge is 0.497 e. The summed E-state index contributed by atoms with van der Waals surface area (Å²) < 4.78 is 10.4. The van der Waals surface area contributed by atoms with Gasteiger partial charge >= 0.3 is 12.0 Å². The van der Waals surface area contributed by atoms with Gasteiger partial charge in [-0.05, 0) is 31.9 Å². The van der Waals surface area contributed by atoms with Gasteiger partial charge in [-0.15, -0.1) is 0 Å². The predicted molar refractivity (Wildman–Crippen MR) is 91.1 cm³/mol. The smallest absolute Gasteiger partial charge is 0.314 e. The molecule has 0 saturated carbocycles. The summed E-state index contributed by atoms with van der Waals surface area (Å²) in [4.78, 5) is 36.9. The second-order valence-electron chi connectivity index (χ2n) is 5.90. The Kier molecular flexibility index (Phi) is 6.21. The number of piperidine rings is 1. The van der Waals surface area contributed by atoms with E-state index in [-0.39, 0.29) is 5.92 Å². The molecule has 1 unspecified atom stereocenters. The lowest BCUT2D eigenvalue weighted by Crippen LogP contribution is -2.44. The fraction of sp³-hybridized carbons (Fsp3) is 0.471. The van der Waals surface area contributed by atoms with Crippen molar-refractivity contribution in [3.05, 3.63) is 24.3 Å². The maximum atomic E-state index is 12.2. The summed E-state index contributed by atoms with van der Waals surface area (Å²) in [5, 5.41) is 2.68. The van der Waals surface area contributed by atoms with Gasteiger partial charge in [-0.25, -0.2) is 4.79 Å². The number of nitrogens with one attached hydrogen (secondary N) is 1. The highest BCUT2D eigenvalue weighted by Gasteiger charge is 2.29. The number of esters is 1. The molecular formula is C17H23N3O5. The first kappa shape index (κ1) is 18.6. The van der Waals surface area contributed by atoms with Crippen molar-refractivity contribution in [3.8, 4) is 5.75 Å². The number of anilines is 1. The van der Waals surface area contributed by atoms with Crippen LogP contribution in [0.3, 0.4) is 0 Å². The molecule has 25 heavy (non-hydrogen) atoms. The number of rotatable bonds is 5. The molecule has 1 saturated heterocycles. The van der Waals surface area contributed by atoms with Crippen molar-refractivity contribution in [2.24, 2.45) is 11.7 Å². The third-order valence-corrected chi connectivity index (χ3v) is 4.14. The van der Waals surface area contributed by atoms with E-state index in [0.717, 1.165) is 0 Å². The number of primary amides is 1. The van der Waals surface area contributed by atoms with Gasteiger partial charge in [-0.2, -0.15) is 0 Å². The van der Waals surface area contributed by atoms with Crippen LogP contribution < -0.4 is 15.8 Å². The van der Waals surface area contributed by atoms with Gasteiger partial charge in [0.25, 0.3) is 5.91 Å². The number of likely N-dealkylation sites (tertiary alicyclic amines) is 1. The summed E-state index contributed by atoms with van der Waals surface area (Å²) in [5.74, 6) is -0.570. The summed E-state index contributed by atoms with van der Waals surface area (Å²) in [7, 11) is 1.54. The third kappa shape index (κ3) is 5.10. The molecular weight excluding hydrogens is 326 g/mol. The fourth-order valence-electron chi connectivity index (χ4n) is 2.60. The Labute approximate surface area is 146 Å². The van der Waals surface area contributed by atoms with E-state index in [1.807, 2.05) is 0 Å². The number of methoxy groups -OCH3 is 1. The summed E-state index contributed by atoms with van der Waals surface area (Å²) in [5.41, 5.74) is 5.77. The van der Waals surface area contributed by atoms with Crippen molar-refractivity contribution in [2.75, 3.05) is 25.5 Å². The van der Waals surface area contributed by atoms with E-state index in [0.29, 0.717) is 37.4 Å². The molecule has 8 nitrogen and oxygen atoms in total. The number of urea groups is 1. The van der Waals surface area contributed by atoms with Crippen LogP contribution in [0.4, 0.5) is 10.5 Å². The Morgan fingerprint density at radius 2 is 1.96 bits per heavy atom. The summed E-state index contributed by atoms with van der Waals surface area (Å²) in [6, 6.07) is 6.41. The van der Waals surface area contributed by atoms with Crippen LogP contribution in [0.5, 0.6) is 5.75 Å². The summed E-state index contributed by atoms with van der Waals surface area (Å²) in [6.07, 6.45) is 0.0331. The zero-order valence-electron chi connectivity index (χ0n) is 14.4. The Balaban J connectivity index is 1.84. The van der Waals surface area contributed by atoms with Crippen LogP contribution >= 0.6 is 0 Å². The first-order valence-electron chi connectivity index (χ1n) is 8.10. The number of nitrogens with two attached hydrogens (primary N) is 1. The second kappa shape index (κ2) is 8.36. The Morgan fingerprint density at radius 3 is 2.56 bits per heavy atom. The number of ether oxygens (including phenoxy) is 2. The van der Waals surface area contributed by atoms with E-state index in [1.54, 1.807) is 24.3 Å². The van der Waals surface area contributed by atoms with Crippen LogP contribution in [0.1, 0.15) is 19.8 Å².